The van der Waals surface area contributed by atoms with Crippen LogP contribution in [0.3, 0.4) is 0 Å². The quantitative estimate of drug-likeness (QED) is 0.107. The van der Waals surface area contributed by atoms with Crippen LogP contribution < -0.4 is 5.73 Å². The Kier molecular flexibility index (Phi) is 38.2. The van der Waals surface area contributed by atoms with Gasteiger partial charge in [0.25, 0.3) is 5.91 Å². The summed E-state index contributed by atoms with van der Waals surface area (Å²) in [5.41, 5.74) is 7.56. The number of carbonyl (C=O) groups excluding carboxylic acids is 3. The number of aliphatic hydroxyl groups excluding tert-OH is 1. The minimum Gasteiger partial charge on any atom is -0.464 e. The zero-order valence-electron chi connectivity index (χ0n) is 46.5. The first kappa shape index (κ1) is 67.2. The summed E-state index contributed by atoms with van der Waals surface area (Å²) < 4.78 is 22.4. The number of esters is 1. The van der Waals surface area contributed by atoms with Gasteiger partial charge in [0.05, 0.1) is 31.0 Å². The highest BCUT2D eigenvalue weighted by molar-refractivity contribution is 7.49. The van der Waals surface area contributed by atoms with E-state index in [0.29, 0.717) is 31.4 Å². The van der Waals surface area contributed by atoms with Crippen LogP contribution in [0.5, 0.6) is 0 Å². The normalized spacial score (nSPS) is 31.8. The average molecular weight is 1000 g/mol. The second kappa shape index (κ2) is 39.7. The molecule has 4 aliphatic rings. The van der Waals surface area contributed by atoms with Crippen molar-refractivity contribution in [2.75, 3.05) is 54.9 Å². The van der Waals surface area contributed by atoms with E-state index in [-0.39, 0.29) is 54.7 Å². The Morgan fingerprint density at radius 1 is 0.857 bits per heavy atom. The number of carbonyl (C=O) groups is 3. The molecule has 3 aliphatic heterocycles. The summed E-state index contributed by atoms with van der Waals surface area (Å²) in [6.45, 7) is 27.2. The molecule has 1 saturated carbocycles. The van der Waals surface area contributed by atoms with E-state index in [1.807, 2.05) is 45.1 Å². The first-order valence-electron chi connectivity index (χ1n) is 26.6. The summed E-state index contributed by atoms with van der Waals surface area (Å²) >= 11 is 0. The molecule has 0 aromatic heterocycles. The van der Waals surface area contributed by atoms with Gasteiger partial charge < -0.3 is 39.6 Å². The number of hydrogen-bond donors (Lipinski definition) is 3. The lowest BCUT2D eigenvalue weighted by Crippen LogP contribution is -2.51. The van der Waals surface area contributed by atoms with Gasteiger partial charge in [-0.05, 0) is 127 Å². The Morgan fingerprint density at radius 3 is 2.14 bits per heavy atom. The third-order valence-electron chi connectivity index (χ3n) is 13.9. The fourth-order valence-electron chi connectivity index (χ4n) is 9.52. The van der Waals surface area contributed by atoms with Crippen molar-refractivity contribution in [2.24, 2.45) is 35.3 Å². The van der Waals surface area contributed by atoms with Crippen molar-refractivity contribution in [2.45, 2.75) is 194 Å². The van der Waals surface area contributed by atoms with Gasteiger partial charge in [-0.2, -0.15) is 0 Å². The molecule has 3 heterocycles. The molecule has 12 heteroatoms. The van der Waals surface area contributed by atoms with Crippen LogP contribution in [-0.4, -0.2) is 118 Å². The third-order valence-corrected chi connectivity index (χ3v) is 13.9. The molecule has 10 unspecified atom stereocenters. The van der Waals surface area contributed by atoms with Crippen LogP contribution in [0.2, 0.25) is 0 Å². The zero-order valence-corrected chi connectivity index (χ0v) is 47.4. The summed E-state index contributed by atoms with van der Waals surface area (Å²) in [4.78, 5) is 49.9. The number of amides is 1. The van der Waals surface area contributed by atoms with E-state index in [4.69, 9.17) is 19.1 Å². The molecular formula is C58H103N2O9P. The molecule has 0 aromatic rings. The van der Waals surface area contributed by atoms with Gasteiger partial charge >= 0.3 is 5.97 Å². The Balaban J connectivity index is 0.00000198. The topological polar surface area (TPSA) is 158 Å². The van der Waals surface area contributed by atoms with E-state index in [9.17, 15) is 19.5 Å². The number of fused-ring (bicyclic) bond motifs is 3. The van der Waals surface area contributed by atoms with Crippen molar-refractivity contribution in [1.82, 2.24) is 4.90 Å². The molecule has 70 heavy (non-hydrogen) atoms. The van der Waals surface area contributed by atoms with Crippen LogP contribution in [0.1, 0.15) is 164 Å². The fourth-order valence-corrected chi connectivity index (χ4v) is 9.52. The standard InChI is InChI=1S/C42H63NO7.C11H22.C2H7OP.C2H6O.CH5N/c1-28-22-24-49-42(47)36-19-15-16-23-43(36)41(46)34(7)40-31(4)20-21-35(50-40)26-39(48-8)30(3)18-14-12-10-9-11-13-17-29(2)37(44)27-38(45)33(6)25-32(28)5;1-3-6-11-8-5-7-10(4-2)9-11;1-4(2)3;1-3-2;1-2/h9-10,12,14,18,25,29,31-32,35-36,38-40,45H,1,7,11,13,15-17,19-24,26-27H2,2-6,8H3;10-11H,3-9H2,1-2H3;3H,1-2H3;1-2H3;2H2,1H3/b10-9+,14-12+,30-18+,33-25+;;;;. The number of aliphatic hydroxyl groups is 1. The molecule has 4 N–H and O–H groups in total. The van der Waals surface area contributed by atoms with Gasteiger partial charge in [-0.15, -0.1) is 0 Å². The highest BCUT2D eigenvalue weighted by atomic mass is 31.1. The van der Waals surface area contributed by atoms with E-state index in [0.717, 1.165) is 73.5 Å². The number of allylic oxidation sites excluding steroid dienone is 6. The second-order valence-electron chi connectivity index (χ2n) is 20.1. The number of ketones is 1. The maximum absolute atomic E-state index is 13.9. The van der Waals surface area contributed by atoms with Gasteiger partial charge in [0, 0.05) is 66.8 Å². The van der Waals surface area contributed by atoms with E-state index >= 15 is 0 Å². The minimum absolute atomic E-state index is 0.0583. The smallest absolute Gasteiger partial charge is 0.328 e. The van der Waals surface area contributed by atoms with Gasteiger partial charge in [0.1, 0.15) is 11.8 Å². The average Bonchev–Trinajstić information content (AvgIpc) is 3.34. The monoisotopic (exact) mass is 1000 g/mol. The summed E-state index contributed by atoms with van der Waals surface area (Å²) in [5, 5.41) is 10.8. The molecule has 0 aromatic carbocycles. The Morgan fingerprint density at radius 2 is 1.51 bits per heavy atom. The highest BCUT2D eigenvalue weighted by Gasteiger charge is 2.39. The van der Waals surface area contributed by atoms with E-state index in [1.165, 1.54) is 52.0 Å². The van der Waals surface area contributed by atoms with Crippen LogP contribution in [0.15, 0.2) is 71.9 Å². The first-order chi connectivity index (χ1) is 33.3. The van der Waals surface area contributed by atoms with Gasteiger partial charge in [0.2, 0.25) is 0 Å². The number of cyclic esters (lactones) is 1. The van der Waals surface area contributed by atoms with Gasteiger partial charge in [-0.3, -0.25) is 9.59 Å². The van der Waals surface area contributed by atoms with Crippen molar-refractivity contribution < 1.29 is 43.3 Å². The lowest BCUT2D eigenvalue weighted by molar-refractivity contribution is -0.156. The number of Topliss-reactive ketones (excluding diaryl/α,β-unsaturated/α-hetero) is 1. The summed E-state index contributed by atoms with van der Waals surface area (Å²) in [5.74, 6) is 1.47. The Labute approximate surface area is 429 Å². The first-order valence-corrected chi connectivity index (χ1v) is 28.8. The molecule has 4 rings (SSSR count). The molecule has 0 spiro atoms. The molecule has 2 bridgehead atoms. The second-order valence-corrected chi connectivity index (χ2v) is 21.8. The molecule has 11 nitrogen and oxygen atoms in total. The molecular weight excluding hydrogens is 900 g/mol. The lowest BCUT2D eigenvalue weighted by Gasteiger charge is -2.40. The number of ether oxygens (including phenoxy) is 4. The van der Waals surface area contributed by atoms with Gasteiger partial charge in [-0.25, -0.2) is 4.79 Å². The minimum atomic E-state index is -0.852. The van der Waals surface area contributed by atoms with Crippen molar-refractivity contribution >= 4 is 25.8 Å². The molecule has 0 radical (unpaired) electrons. The van der Waals surface area contributed by atoms with E-state index in [1.54, 1.807) is 39.6 Å². The van der Waals surface area contributed by atoms with Crippen molar-refractivity contribution in [3.8, 4) is 0 Å². The summed E-state index contributed by atoms with van der Waals surface area (Å²) in [7, 11) is 5.84. The maximum Gasteiger partial charge on any atom is 0.328 e. The molecule has 1 amide bonds. The van der Waals surface area contributed by atoms with E-state index < -0.39 is 32.4 Å². The number of methoxy groups -OCH3 is 2. The Hall–Kier alpha value is -2.76. The van der Waals surface area contributed by atoms with E-state index in [2.05, 4.69) is 63.5 Å². The number of hydrogen-bond acceptors (Lipinski definition) is 10. The van der Waals surface area contributed by atoms with Crippen molar-refractivity contribution in [3.05, 3.63) is 71.9 Å². The maximum atomic E-state index is 13.9. The predicted molar refractivity (Wildman–Crippen MR) is 294 cm³/mol. The largest absolute Gasteiger partial charge is 0.464 e. The van der Waals surface area contributed by atoms with Gasteiger partial charge in [-0.1, -0.05) is 128 Å². The van der Waals surface area contributed by atoms with Crippen LogP contribution in [0.4, 0.5) is 0 Å². The zero-order chi connectivity index (χ0) is 53.2. The Bertz CT molecular complexity index is 1600. The highest BCUT2D eigenvalue weighted by Crippen LogP contribution is 2.35. The van der Waals surface area contributed by atoms with Crippen molar-refractivity contribution in [3.63, 3.8) is 0 Å². The van der Waals surface area contributed by atoms with Crippen LogP contribution >= 0.6 is 8.15 Å². The van der Waals surface area contributed by atoms with Crippen LogP contribution in [0, 0.1) is 29.6 Å². The predicted octanol–water partition coefficient (Wildman–Crippen LogP) is 12.3. The summed E-state index contributed by atoms with van der Waals surface area (Å²) in [6.07, 6.45) is 28.7. The molecule has 3 fully saturated rings. The number of nitrogens with two attached hydrogens (primary N) is 1. The fraction of sp³-hybridized carbons (Fsp3) is 0.741. The SMILES string of the molecule is C=C1CCOC(=O)C2CCCCN2C(=O)C(=C)C2OC(CCC2C)CC(OC)/C(C)=C/C=C/C=C/CCCC(C)C(=O)CC(O)/C(C)=C/C1C.CCCC1CCCC(CC)C1.CN.COC.CP(C)O. The number of piperidine rings is 1. The number of nitrogens with zero attached hydrogens (tertiary/aromatic N) is 1. The van der Waals surface area contributed by atoms with Gasteiger partial charge in [0.15, 0.2) is 0 Å². The van der Waals surface area contributed by atoms with Crippen LogP contribution in [0.25, 0.3) is 0 Å². The van der Waals surface area contributed by atoms with Crippen molar-refractivity contribution in [1.29, 1.82) is 0 Å². The summed E-state index contributed by atoms with van der Waals surface area (Å²) in [6, 6.07) is -0.667. The molecule has 404 valence electrons. The molecule has 2 saturated heterocycles. The third kappa shape index (κ3) is 27.3. The lowest BCUT2D eigenvalue weighted by atomic mass is 9.78. The number of rotatable bonds is 4. The molecule has 1 aliphatic carbocycles. The molecule has 10 atom stereocenters. The van der Waals surface area contributed by atoms with Crippen LogP contribution in [-0.2, 0) is 33.3 Å².